The summed E-state index contributed by atoms with van der Waals surface area (Å²) in [6, 6.07) is 14.1. The number of anilines is 1. The number of hydrogen-bond donors (Lipinski definition) is 0. The van der Waals surface area contributed by atoms with E-state index < -0.39 is 6.36 Å². The van der Waals surface area contributed by atoms with Crippen molar-refractivity contribution in [2.75, 3.05) is 50.8 Å². The molecule has 4 rings (SSSR count). The zero-order chi connectivity index (χ0) is 28.7. The van der Waals surface area contributed by atoms with E-state index in [1.165, 1.54) is 12.1 Å². The maximum absolute atomic E-state index is 13.1. The van der Waals surface area contributed by atoms with Crippen molar-refractivity contribution in [3.05, 3.63) is 72.1 Å². The highest BCUT2D eigenvalue weighted by Crippen LogP contribution is 2.32. The van der Waals surface area contributed by atoms with Crippen molar-refractivity contribution in [1.82, 2.24) is 14.8 Å². The number of halogens is 3. The van der Waals surface area contributed by atoms with Crippen LogP contribution in [0.5, 0.6) is 11.5 Å². The maximum atomic E-state index is 13.1. The Kier molecular flexibility index (Phi) is 9.52. The lowest BCUT2D eigenvalue weighted by Gasteiger charge is -2.36. The van der Waals surface area contributed by atoms with Crippen LogP contribution in [0, 0.1) is 0 Å². The van der Waals surface area contributed by atoms with Crippen LogP contribution in [0.25, 0.3) is 11.1 Å². The van der Waals surface area contributed by atoms with Crippen molar-refractivity contribution in [1.29, 1.82) is 0 Å². The molecule has 40 heavy (non-hydrogen) atoms. The van der Waals surface area contributed by atoms with Crippen molar-refractivity contribution in [3.63, 3.8) is 0 Å². The van der Waals surface area contributed by atoms with E-state index in [4.69, 9.17) is 4.74 Å². The van der Waals surface area contributed by atoms with Gasteiger partial charge < -0.3 is 19.3 Å². The second-order valence-electron chi connectivity index (χ2n) is 9.54. The fraction of sp³-hybridized carbons (Fsp3) is 0.400. The SMILES string of the molecule is CCOc1cncc(-c2cc(CN3CCN(c4ccc(C(=O)N(CC)CC)cc4)CC3)cc(OC(F)(F)F)c2)c1. The van der Waals surface area contributed by atoms with E-state index in [9.17, 15) is 18.0 Å². The minimum Gasteiger partial charge on any atom is -0.492 e. The monoisotopic (exact) mass is 556 g/mol. The van der Waals surface area contributed by atoms with Crippen LogP contribution in [0.4, 0.5) is 18.9 Å². The Bertz CT molecular complexity index is 1270. The molecule has 0 aliphatic carbocycles. The summed E-state index contributed by atoms with van der Waals surface area (Å²) in [5.41, 5.74) is 3.65. The number of nitrogens with zero attached hydrogens (tertiary/aromatic N) is 4. The summed E-state index contributed by atoms with van der Waals surface area (Å²) in [5.74, 6) is 0.308. The van der Waals surface area contributed by atoms with Gasteiger partial charge in [-0.1, -0.05) is 0 Å². The van der Waals surface area contributed by atoms with Crippen LogP contribution < -0.4 is 14.4 Å². The summed E-state index contributed by atoms with van der Waals surface area (Å²) < 4.78 is 49.1. The Labute approximate surface area is 233 Å². The van der Waals surface area contributed by atoms with Crippen molar-refractivity contribution in [3.8, 4) is 22.6 Å². The molecule has 2 heterocycles. The molecular weight excluding hydrogens is 521 g/mol. The average Bonchev–Trinajstić information content (AvgIpc) is 2.93. The quantitative estimate of drug-likeness (QED) is 0.312. The van der Waals surface area contributed by atoms with Crippen molar-refractivity contribution >= 4 is 11.6 Å². The second kappa shape index (κ2) is 13.0. The molecule has 1 aliphatic heterocycles. The number of benzene rings is 2. The molecule has 1 aromatic heterocycles. The minimum absolute atomic E-state index is 0.0258. The summed E-state index contributed by atoms with van der Waals surface area (Å²) in [7, 11) is 0. The molecule has 1 saturated heterocycles. The molecule has 0 spiro atoms. The van der Waals surface area contributed by atoms with Crippen molar-refractivity contribution < 1.29 is 27.4 Å². The van der Waals surface area contributed by atoms with Gasteiger partial charge in [-0.2, -0.15) is 0 Å². The van der Waals surface area contributed by atoms with Gasteiger partial charge in [0, 0.05) is 68.8 Å². The average molecular weight is 557 g/mol. The molecule has 3 aromatic rings. The number of aromatic nitrogens is 1. The normalized spacial score (nSPS) is 14.2. The largest absolute Gasteiger partial charge is 0.573 e. The van der Waals surface area contributed by atoms with Gasteiger partial charge in [-0.15, -0.1) is 13.2 Å². The Hall–Kier alpha value is -3.79. The Morgan fingerprint density at radius 1 is 0.900 bits per heavy atom. The number of amides is 1. The zero-order valence-corrected chi connectivity index (χ0v) is 23.1. The summed E-state index contributed by atoms with van der Waals surface area (Å²) >= 11 is 0. The van der Waals surface area contributed by atoms with Gasteiger partial charge in [0.1, 0.15) is 11.5 Å². The molecule has 0 radical (unpaired) electrons. The van der Waals surface area contributed by atoms with E-state index in [2.05, 4.69) is 19.5 Å². The van der Waals surface area contributed by atoms with Gasteiger partial charge in [-0.25, -0.2) is 0 Å². The summed E-state index contributed by atoms with van der Waals surface area (Å²) in [4.78, 5) is 23.0. The topological polar surface area (TPSA) is 58.1 Å². The highest BCUT2D eigenvalue weighted by atomic mass is 19.4. The minimum atomic E-state index is -4.79. The number of pyridine rings is 1. The number of carbonyl (C=O) groups is 1. The van der Waals surface area contributed by atoms with Gasteiger partial charge in [0.05, 0.1) is 12.8 Å². The van der Waals surface area contributed by atoms with Gasteiger partial charge in [-0.3, -0.25) is 14.7 Å². The van der Waals surface area contributed by atoms with Gasteiger partial charge >= 0.3 is 6.36 Å². The first-order valence-electron chi connectivity index (χ1n) is 13.5. The van der Waals surface area contributed by atoms with Gasteiger partial charge in [0.15, 0.2) is 0 Å². The second-order valence-corrected chi connectivity index (χ2v) is 9.54. The molecule has 0 unspecified atom stereocenters. The third-order valence-electron chi connectivity index (χ3n) is 6.87. The van der Waals surface area contributed by atoms with Crippen LogP contribution in [-0.2, 0) is 6.54 Å². The summed E-state index contributed by atoms with van der Waals surface area (Å²) in [6.45, 7) is 11.0. The highest BCUT2D eigenvalue weighted by molar-refractivity contribution is 5.94. The Morgan fingerprint density at radius 2 is 1.57 bits per heavy atom. The lowest BCUT2D eigenvalue weighted by atomic mass is 10.0. The molecule has 10 heteroatoms. The number of alkyl halides is 3. The van der Waals surface area contributed by atoms with Gasteiger partial charge in [0.25, 0.3) is 5.91 Å². The van der Waals surface area contributed by atoms with E-state index in [1.807, 2.05) is 51.1 Å². The first-order chi connectivity index (χ1) is 19.2. The number of carbonyl (C=O) groups excluding carboxylic acids is 1. The van der Waals surface area contributed by atoms with Gasteiger partial charge in [0.2, 0.25) is 0 Å². The Morgan fingerprint density at radius 3 is 2.20 bits per heavy atom. The van der Waals surface area contributed by atoms with E-state index in [0.29, 0.717) is 54.2 Å². The molecule has 0 atom stereocenters. The lowest BCUT2D eigenvalue weighted by Crippen LogP contribution is -2.46. The molecular formula is C30H35F3N4O3. The standard InChI is InChI=1S/C30H35F3N4O3/c1-4-36(5-2)29(38)23-7-9-26(10-8-23)37-13-11-35(12-14-37)21-22-15-24(17-27(16-22)40-30(31,32)33)25-18-28(39-6-3)20-34-19-25/h7-10,15-20H,4-6,11-14,21H2,1-3H3. The predicted molar refractivity (Wildman–Crippen MR) is 149 cm³/mol. The fourth-order valence-corrected chi connectivity index (χ4v) is 4.86. The van der Waals surface area contributed by atoms with E-state index in [0.717, 1.165) is 31.9 Å². The molecule has 1 amide bonds. The molecule has 1 aliphatic rings. The molecule has 0 N–H and O–H groups in total. The van der Waals surface area contributed by atoms with Crippen molar-refractivity contribution in [2.45, 2.75) is 33.7 Å². The lowest BCUT2D eigenvalue weighted by molar-refractivity contribution is -0.274. The van der Waals surface area contributed by atoms with E-state index >= 15 is 0 Å². The molecule has 0 saturated carbocycles. The number of ether oxygens (including phenoxy) is 2. The van der Waals surface area contributed by atoms with Gasteiger partial charge in [-0.05, 0) is 80.4 Å². The van der Waals surface area contributed by atoms with Crippen LogP contribution in [0.2, 0.25) is 0 Å². The number of hydrogen-bond acceptors (Lipinski definition) is 6. The third-order valence-corrected chi connectivity index (χ3v) is 6.87. The van der Waals surface area contributed by atoms with Crippen LogP contribution in [0.3, 0.4) is 0 Å². The molecule has 1 fully saturated rings. The molecule has 7 nitrogen and oxygen atoms in total. The molecule has 214 valence electrons. The van der Waals surface area contributed by atoms with Crippen molar-refractivity contribution in [2.24, 2.45) is 0 Å². The Balaban J connectivity index is 1.45. The first kappa shape index (κ1) is 29.2. The highest BCUT2D eigenvalue weighted by Gasteiger charge is 2.31. The van der Waals surface area contributed by atoms with E-state index in [1.54, 1.807) is 23.4 Å². The fourth-order valence-electron chi connectivity index (χ4n) is 4.86. The smallest absolute Gasteiger partial charge is 0.492 e. The van der Waals surface area contributed by atoms with Crippen LogP contribution in [-0.4, -0.2) is 72.9 Å². The number of rotatable bonds is 10. The maximum Gasteiger partial charge on any atom is 0.573 e. The predicted octanol–water partition coefficient (Wildman–Crippen LogP) is 5.85. The van der Waals surface area contributed by atoms with Crippen LogP contribution in [0.15, 0.2) is 60.9 Å². The molecule has 0 bridgehead atoms. The summed E-state index contributed by atoms with van der Waals surface area (Å²) in [5, 5.41) is 0. The zero-order valence-electron chi connectivity index (χ0n) is 23.1. The third kappa shape index (κ3) is 7.65. The van der Waals surface area contributed by atoms with E-state index in [-0.39, 0.29) is 11.7 Å². The molecule has 2 aromatic carbocycles. The number of piperazine rings is 1. The van der Waals surface area contributed by atoms with Crippen LogP contribution in [0.1, 0.15) is 36.7 Å². The van der Waals surface area contributed by atoms with Crippen LogP contribution >= 0.6 is 0 Å². The first-order valence-corrected chi connectivity index (χ1v) is 13.5. The summed E-state index contributed by atoms with van der Waals surface area (Å²) in [6.07, 6.45) is -1.63.